The van der Waals surface area contributed by atoms with Crippen molar-refractivity contribution >= 4 is 29.0 Å². The largest absolute Gasteiger partial charge is 0.496 e. The van der Waals surface area contributed by atoms with Gasteiger partial charge < -0.3 is 19.7 Å². The summed E-state index contributed by atoms with van der Waals surface area (Å²) >= 11 is 6.22. The zero-order valence-corrected chi connectivity index (χ0v) is 17.1. The van der Waals surface area contributed by atoms with Crippen LogP contribution in [0.25, 0.3) is 5.65 Å². The van der Waals surface area contributed by atoms with Gasteiger partial charge in [0.25, 0.3) is 5.91 Å². The summed E-state index contributed by atoms with van der Waals surface area (Å²) < 4.78 is 12.5. The minimum Gasteiger partial charge on any atom is -0.496 e. The molecule has 3 heterocycles. The van der Waals surface area contributed by atoms with Gasteiger partial charge in [-0.1, -0.05) is 17.7 Å². The van der Waals surface area contributed by atoms with Crippen molar-refractivity contribution < 1.29 is 14.3 Å². The van der Waals surface area contributed by atoms with E-state index in [2.05, 4.69) is 15.4 Å². The molecule has 1 N–H and O–H groups in total. The number of aromatic nitrogens is 3. The molecule has 0 unspecified atom stereocenters. The highest BCUT2D eigenvalue weighted by molar-refractivity contribution is 6.33. The van der Waals surface area contributed by atoms with E-state index in [1.807, 2.05) is 25.2 Å². The molecule has 1 amide bonds. The molecule has 1 aromatic carbocycles. The van der Waals surface area contributed by atoms with Gasteiger partial charge in [-0.25, -0.2) is 4.98 Å². The first-order valence-electron chi connectivity index (χ1n) is 9.35. The molecule has 8 nitrogen and oxygen atoms in total. The second-order valence-electron chi connectivity index (χ2n) is 6.72. The molecule has 4 rings (SSSR count). The van der Waals surface area contributed by atoms with E-state index in [1.54, 1.807) is 28.8 Å². The van der Waals surface area contributed by atoms with Gasteiger partial charge in [-0.2, -0.15) is 9.61 Å². The second kappa shape index (κ2) is 8.26. The lowest BCUT2D eigenvalue weighted by atomic mass is 10.0. The minimum absolute atomic E-state index is 0.0128. The SMILES string of the molecule is CNc1cc(Cc2ccc(C(=O)N3CCOCC3)cc2OC)nc2c(Cl)cnn12. The summed E-state index contributed by atoms with van der Waals surface area (Å²) in [6, 6.07) is 7.45. The summed E-state index contributed by atoms with van der Waals surface area (Å²) in [5.74, 6) is 1.42. The molecule has 0 spiro atoms. The van der Waals surface area contributed by atoms with Gasteiger partial charge in [0, 0.05) is 43.8 Å². The van der Waals surface area contributed by atoms with Crippen molar-refractivity contribution in [2.75, 3.05) is 45.8 Å². The number of nitrogens with zero attached hydrogens (tertiary/aromatic N) is 4. The van der Waals surface area contributed by atoms with E-state index < -0.39 is 0 Å². The maximum atomic E-state index is 12.7. The number of benzene rings is 1. The lowest BCUT2D eigenvalue weighted by Gasteiger charge is -2.27. The van der Waals surface area contributed by atoms with E-state index in [0.29, 0.717) is 54.7 Å². The minimum atomic E-state index is -0.0128. The summed E-state index contributed by atoms with van der Waals surface area (Å²) in [5.41, 5.74) is 2.94. The molecule has 0 atom stereocenters. The number of carbonyl (C=O) groups is 1. The lowest BCUT2D eigenvalue weighted by molar-refractivity contribution is 0.0302. The molecule has 0 saturated carbocycles. The topological polar surface area (TPSA) is 81.0 Å². The fraction of sp³-hybridized carbons (Fsp3) is 0.350. The van der Waals surface area contributed by atoms with Crippen LogP contribution in [0, 0.1) is 0 Å². The molecule has 1 aliphatic rings. The van der Waals surface area contributed by atoms with E-state index in [1.165, 1.54) is 0 Å². The third-order valence-electron chi connectivity index (χ3n) is 4.94. The van der Waals surface area contributed by atoms with E-state index in [4.69, 9.17) is 21.1 Å². The predicted octanol–water partition coefficient (Wildman–Crippen LogP) is 2.50. The third-order valence-corrected chi connectivity index (χ3v) is 5.21. The normalized spacial score (nSPS) is 14.2. The Kier molecular flexibility index (Phi) is 5.55. The number of nitrogens with one attached hydrogen (secondary N) is 1. The van der Waals surface area contributed by atoms with Crippen molar-refractivity contribution in [1.29, 1.82) is 0 Å². The maximum Gasteiger partial charge on any atom is 0.254 e. The van der Waals surface area contributed by atoms with Crippen molar-refractivity contribution in [1.82, 2.24) is 19.5 Å². The Bertz CT molecular complexity index is 1050. The Hall–Kier alpha value is -2.84. The highest BCUT2D eigenvalue weighted by Gasteiger charge is 2.20. The Morgan fingerprint density at radius 1 is 1.31 bits per heavy atom. The van der Waals surface area contributed by atoms with Gasteiger partial charge in [0.05, 0.1) is 32.2 Å². The van der Waals surface area contributed by atoms with E-state index in [-0.39, 0.29) is 5.91 Å². The summed E-state index contributed by atoms with van der Waals surface area (Å²) in [7, 11) is 3.42. The Labute approximate surface area is 173 Å². The van der Waals surface area contributed by atoms with Crippen molar-refractivity contribution in [3.63, 3.8) is 0 Å². The molecule has 2 aromatic heterocycles. The highest BCUT2D eigenvalue weighted by atomic mass is 35.5. The van der Waals surface area contributed by atoms with Gasteiger partial charge in [-0.3, -0.25) is 4.79 Å². The van der Waals surface area contributed by atoms with Crippen LogP contribution in [0.1, 0.15) is 21.6 Å². The number of methoxy groups -OCH3 is 1. The van der Waals surface area contributed by atoms with Crippen LogP contribution in [-0.2, 0) is 11.2 Å². The molecule has 1 aliphatic heterocycles. The number of morpholine rings is 1. The van der Waals surface area contributed by atoms with Crippen LogP contribution in [-0.4, -0.2) is 65.9 Å². The van der Waals surface area contributed by atoms with Gasteiger partial charge >= 0.3 is 0 Å². The van der Waals surface area contributed by atoms with Crippen LogP contribution < -0.4 is 10.1 Å². The molecular weight excluding hydrogens is 394 g/mol. The van der Waals surface area contributed by atoms with E-state index >= 15 is 0 Å². The molecule has 0 radical (unpaired) electrons. The Morgan fingerprint density at radius 3 is 2.83 bits per heavy atom. The average molecular weight is 416 g/mol. The Morgan fingerprint density at radius 2 is 2.10 bits per heavy atom. The molecule has 9 heteroatoms. The van der Waals surface area contributed by atoms with Gasteiger partial charge in [-0.15, -0.1) is 0 Å². The standard InChI is InChI=1S/C20H22ClN5O3/c1-22-18-11-15(24-19-16(21)12-23-26(18)19)9-13-3-4-14(10-17(13)28-2)20(27)25-5-7-29-8-6-25/h3-4,10-12,22H,5-9H2,1-2H3. The van der Waals surface area contributed by atoms with Crippen LogP contribution in [0.2, 0.25) is 5.02 Å². The molecule has 29 heavy (non-hydrogen) atoms. The van der Waals surface area contributed by atoms with Crippen molar-refractivity contribution in [3.05, 3.63) is 52.3 Å². The van der Waals surface area contributed by atoms with Crippen LogP contribution >= 0.6 is 11.6 Å². The van der Waals surface area contributed by atoms with Crippen molar-refractivity contribution in [2.45, 2.75) is 6.42 Å². The van der Waals surface area contributed by atoms with Gasteiger partial charge in [0.15, 0.2) is 5.65 Å². The number of amides is 1. The maximum absolute atomic E-state index is 12.7. The number of anilines is 1. The van der Waals surface area contributed by atoms with Gasteiger partial charge in [-0.05, 0) is 12.1 Å². The number of carbonyl (C=O) groups excluding carboxylic acids is 1. The highest BCUT2D eigenvalue weighted by Crippen LogP contribution is 2.26. The number of rotatable bonds is 5. The first kappa shape index (κ1) is 19.5. The van der Waals surface area contributed by atoms with Crippen LogP contribution in [0.5, 0.6) is 5.75 Å². The molecule has 1 saturated heterocycles. The molecule has 0 aliphatic carbocycles. The first-order chi connectivity index (χ1) is 14.1. The van der Waals surface area contributed by atoms with Crippen LogP contribution in [0.4, 0.5) is 5.82 Å². The zero-order valence-electron chi connectivity index (χ0n) is 16.3. The van der Waals surface area contributed by atoms with E-state index in [9.17, 15) is 4.79 Å². The summed E-state index contributed by atoms with van der Waals surface area (Å²) in [6.07, 6.45) is 2.10. The average Bonchev–Trinajstić information content (AvgIpc) is 3.14. The van der Waals surface area contributed by atoms with E-state index in [0.717, 1.165) is 17.1 Å². The summed E-state index contributed by atoms with van der Waals surface area (Å²) in [4.78, 5) is 19.2. The number of fused-ring (bicyclic) bond motifs is 1. The van der Waals surface area contributed by atoms with Crippen molar-refractivity contribution in [3.8, 4) is 5.75 Å². The monoisotopic (exact) mass is 415 g/mol. The fourth-order valence-electron chi connectivity index (χ4n) is 3.42. The van der Waals surface area contributed by atoms with Crippen LogP contribution in [0.3, 0.4) is 0 Å². The predicted molar refractivity (Wildman–Crippen MR) is 110 cm³/mol. The van der Waals surface area contributed by atoms with Crippen LogP contribution in [0.15, 0.2) is 30.5 Å². The number of halogens is 1. The Balaban J connectivity index is 1.63. The molecule has 152 valence electrons. The molecule has 1 fully saturated rings. The lowest BCUT2D eigenvalue weighted by Crippen LogP contribution is -2.40. The molecule has 3 aromatic rings. The van der Waals surface area contributed by atoms with Crippen molar-refractivity contribution in [2.24, 2.45) is 0 Å². The molecule has 0 bridgehead atoms. The third kappa shape index (κ3) is 3.86. The summed E-state index contributed by atoms with van der Waals surface area (Å²) in [5, 5.41) is 7.83. The molecular formula is C20H22ClN5O3. The number of ether oxygens (including phenoxy) is 2. The quantitative estimate of drug-likeness (QED) is 0.689. The number of hydrogen-bond donors (Lipinski definition) is 1. The first-order valence-corrected chi connectivity index (χ1v) is 9.73. The van der Waals surface area contributed by atoms with Gasteiger partial charge in [0.1, 0.15) is 16.6 Å². The smallest absolute Gasteiger partial charge is 0.254 e. The zero-order chi connectivity index (χ0) is 20.4. The number of hydrogen-bond acceptors (Lipinski definition) is 6. The van der Waals surface area contributed by atoms with Gasteiger partial charge in [0.2, 0.25) is 0 Å². The second-order valence-corrected chi connectivity index (χ2v) is 7.13. The summed E-state index contributed by atoms with van der Waals surface area (Å²) in [6.45, 7) is 2.34. The fourth-order valence-corrected chi connectivity index (χ4v) is 3.59.